The summed E-state index contributed by atoms with van der Waals surface area (Å²) >= 11 is 3.33. The third kappa shape index (κ3) is 3.97. The molecule has 0 atom stereocenters. The quantitative estimate of drug-likeness (QED) is 0.863. The van der Waals surface area contributed by atoms with Crippen LogP contribution in [-0.4, -0.2) is 35.1 Å². The van der Waals surface area contributed by atoms with Gasteiger partial charge in [0.05, 0.1) is 11.3 Å². The zero-order valence-corrected chi connectivity index (χ0v) is 13.5. The Balaban J connectivity index is 2.07. The molecule has 2 amide bonds. The molecule has 1 fully saturated rings. The van der Waals surface area contributed by atoms with Gasteiger partial charge in [0.15, 0.2) is 0 Å². The Hall–Kier alpha value is -1.56. The van der Waals surface area contributed by atoms with Gasteiger partial charge in [-0.25, -0.2) is 9.59 Å². The third-order valence-electron chi connectivity index (χ3n) is 3.90. The molecule has 0 aliphatic heterocycles. The highest BCUT2D eigenvalue weighted by Gasteiger charge is 2.22. The number of carboxylic acid groups (broad SMARTS) is 1. The number of carbonyl (C=O) groups is 2. The Bertz CT molecular complexity index is 542. The number of nitrogens with zero attached hydrogens (tertiary/aromatic N) is 1. The number of anilines is 1. The summed E-state index contributed by atoms with van der Waals surface area (Å²) in [4.78, 5) is 25.0. The highest BCUT2D eigenvalue weighted by atomic mass is 79.9. The fraction of sp³-hybridized carbons (Fsp3) is 0.467. The van der Waals surface area contributed by atoms with Crippen molar-refractivity contribution in [1.82, 2.24) is 4.90 Å². The van der Waals surface area contributed by atoms with E-state index >= 15 is 0 Å². The first-order chi connectivity index (χ1) is 9.99. The molecule has 114 valence electrons. The number of halogens is 1. The minimum Gasteiger partial charge on any atom is -0.478 e. The van der Waals surface area contributed by atoms with E-state index in [0.29, 0.717) is 10.2 Å². The standard InChI is InChI=1S/C15H19BrN2O3/c1-18(11-5-3-2-4-6-11)15(21)17-13-9-10(14(19)20)7-8-12(13)16/h7-9,11H,2-6H2,1H3,(H,17,21)(H,19,20). The zero-order chi connectivity index (χ0) is 15.4. The number of nitrogens with one attached hydrogen (secondary N) is 1. The van der Waals surface area contributed by atoms with Crippen LogP contribution in [0.15, 0.2) is 22.7 Å². The molecular weight excluding hydrogens is 336 g/mol. The second-order valence-corrected chi connectivity index (χ2v) is 6.19. The van der Waals surface area contributed by atoms with E-state index in [1.54, 1.807) is 18.0 Å². The summed E-state index contributed by atoms with van der Waals surface area (Å²) in [6.45, 7) is 0. The molecule has 0 bridgehead atoms. The van der Waals surface area contributed by atoms with Gasteiger partial charge in [0.1, 0.15) is 0 Å². The Morgan fingerprint density at radius 3 is 2.57 bits per heavy atom. The molecule has 2 N–H and O–H groups in total. The molecule has 1 aromatic carbocycles. The van der Waals surface area contributed by atoms with Crippen LogP contribution in [-0.2, 0) is 0 Å². The van der Waals surface area contributed by atoms with Crippen molar-refractivity contribution in [2.45, 2.75) is 38.1 Å². The van der Waals surface area contributed by atoms with Crippen molar-refractivity contribution in [3.05, 3.63) is 28.2 Å². The molecule has 1 aromatic rings. The summed E-state index contributed by atoms with van der Waals surface area (Å²) in [6.07, 6.45) is 5.60. The first-order valence-corrected chi connectivity index (χ1v) is 7.85. The first kappa shape index (κ1) is 15.8. The summed E-state index contributed by atoms with van der Waals surface area (Å²) < 4.78 is 0.665. The van der Waals surface area contributed by atoms with Crippen LogP contribution >= 0.6 is 15.9 Å². The predicted molar refractivity (Wildman–Crippen MR) is 84.8 cm³/mol. The monoisotopic (exact) mass is 354 g/mol. The maximum atomic E-state index is 12.3. The van der Waals surface area contributed by atoms with Crippen LogP contribution in [0.2, 0.25) is 0 Å². The molecule has 1 aliphatic carbocycles. The normalized spacial score (nSPS) is 15.5. The van der Waals surface area contributed by atoms with Crippen molar-refractivity contribution in [2.75, 3.05) is 12.4 Å². The molecule has 6 heteroatoms. The third-order valence-corrected chi connectivity index (χ3v) is 4.59. The molecule has 2 rings (SSSR count). The lowest BCUT2D eigenvalue weighted by molar-refractivity contribution is 0.0697. The van der Waals surface area contributed by atoms with Crippen molar-refractivity contribution in [3.8, 4) is 0 Å². The van der Waals surface area contributed by atoms with Crippen LogP contribution in [0.1, 0.15) is 42.5 Å². The van der Waals surface area contributed by atoms with Gasteiger partial charge in [-0.3, -0.25) is 0 Å². The van der Waals surface area contributed by atoms with Gasteiger partial charge in [0, 0.05) is 17.6 Å². The minimum absolute atomic E-state index is 0.147. The van der Waals surface area contributed by atoms with E-state index in [9.17, 15) is 9.59 Å². The van der Waals surface area contributed by atoms with Crippen LogP contribution in [0, 0.1) is 0 Å². The number of urea groups is 1. The van der Waals surface area contributed by atoms with Gasteiger partial charge in [-0.05, 0) is 47.0 Å². The molecule has 1 saturated carbocycles. The lowest BCUT2D eigenvalue weighted by Gasteiger charge is -2.31. The van der Waals surface area contributed by atoms with Crippen molar-refractivity contribution in [3.63, 3.8) is 0 Å². The summed E-state index contributed by atoms with van der Waals surface area (Å²) in [5.41, 5.74) is 0.622. The lowest BCUT2D eigenvalue weighted by atomic mass is 9.95. The van der Waals surface area contributed by atoms with Crippen molar-refractivity contribution in [1.29, 1.82) is 0 Å². The van der Waals surface area contributed by atoms with Gasteiger partial charge in [0.2, 0.25) is 0 Å². The molecular formula is C15H19BrN2O3. The minimum atomic E-state index is -1.02. The van der Waals surface area contributed by atoms with Crippen LogP contribution < -0.4 is 5.32 Å². The van der Waals surface area contributed by atoms with Gasteiger partial charge >= 0.3 is 12.0 Å². The fourth-order valence-electron chi connectivity index (χ4n) is 2.59. The van der Waals surface area contributed by atoms with Crippen molar-refractivity contribution in [2.24, 2.45) is 0 Å². The van der Waals surface area contributed by atoms with Crippen molar-refractivity contribution < 1.29 is 14.7 Å². The topological polar surface area (TPSA) is 69.6 Å². The molecule has 0 saturated heterocycles. The number of aromatic carboxylic acids is 1. The SMILES string of the molecule is CN(C(=O)Nc1cc(C(=O)O)ccc1Br)C1CCCCC1. The Kier molecular flexibility index (Phi) is 5.22. The number of hydrogen-bond donors (Lipinski definition) is 2. The Morgan fingerprint density at radius 1 is 1.29 bits per heavy atom. The summed E-state index contributed by atoms with van der Waals surface area (Å²) in [5.74, 6) is -1.02. The van der Waals surface area contributed by atoms with Crippen LogP contribution in [0.4, 0.5) is 10.5 Å². The largest absolute Gasteiger partial charge is 0.478 e. The van der Waals surface area contributed by atoms with E-state index in [1.807, 2.05) is 0 Å². The van der Waals surface area contributed by atoms with E-state index in [0.717, 1.165) is 25.7 Å². The van der Waals surface area contributed by atoms with Crippen molar-refractivity contribution >= 4 is 33.6 Å². The van der Waals surface area contributed by atoms with Gasteiger partial charge in [-0.2, -0.15) is 0 Å². The van der Waals surface area contributed by atoms with Crippen LogP contribution in [0.5, 0.6) is 0 Å². The Morgan fingerprint density at radius 2 is 1.95 bits per heavy atom. The zero-order valence-electron chi connectivity index (χ0n) is 11.9. The molecule has 21 heavy (non-hydrogen) atoms. The highest BCUT2D eigenvalue weighted by Crippen LogP contribution is 2.26. The molecule has 0 aromatic heterocycles. The smallest absolute Gasteiger partial charge is 0.335 e. The molecule has 5 nitrogen and oxygen atoms in total. The maximum Gasteiger partial charge on any atom is 0.335 e. The van der Waals surface area contributed by atoms with Gasteiger partial charge in [-0.15, -0.1) is 0 Å². The van der Waals surface area contributed by atoms with Gasteiger partial charge < -0.3 is 15.3 Å². The number of carbonyl (C=O) groups excluding carboxylic acids is 1. The number of carboxylic acids is 1. The van der Waals surface area contributed by atoms with E-state index < -0.39 is 5.97 Å². The highest BCUT2D eigenvalue weighted by molar-refractivity contribution is 9.10. The van der Waals surface area contributed by atoms with E-state index in [-0.39, 0.29) is 17.6 Å². The Labute approximate surface area is 132 Å². The average Bonchev–Trinajstić information content (AvgIpc) is 2.49. The van der Waals surface area contributed by atoms with Crippen LogP contribution in [0.3, 0.4) is 0 Å². The molecule has 0 radical (unpaired) electrons. The maximum absolute atomic E-state index is 12.3. The number of hydrogen-bond acceptors (Lipinski definition) is 2. The van der Waals surface area contributed by atoms with Crippen LogP contribution in [0.25, 0.3) is 0 Å². The molecule has 1 aliphatic rings. The first-order valence-electron chi connectivity index (χ1n) is 7.05. The summed E-state index contributed by atoms with van der Waals surface area (Å²) in [7, 11) is 1.79. The number of amides is 2. The number of rotatable bonds is 3. The molecule has 0 spiro atoms. The van der Waals surface area contributed by atoms with E-state index in [4.69, 9.17) is 5.11 Å². The lowest BCUT2D eigenvalue weighted by Crippen LogP contribution is -2.40. The van der Waals surface area contributed by atoms with Gasteiger partial charge in [-0.1, -0.05) is 19.3 Å². The number of benzene rings is 1. The second kappa shape index (κ2) is 6.93. The average molecular weight is 355 g/mol. The molecule has 0 unspecified atom stereocenters. The van der Waals surface area contributed by atoms with Gasteiger partial charge in [0.25, 0.3) is 0 Å². The summed E-state index contributed by atoms with van der Waals surface area (Å²) in [6, 6.07) is 4.64. The van der Waals surface area contributed by atoms with E-state index in [2.05, 4.69) is 21.2 Å². The summed E-state index contributed by atoms with van der Waals surface area (Å²) in [5, 5.41) is 11.8. The molecule has 0 heterocycles. The van der Waals surface area contributed by atoms with E-state index in [1.165, 1.54) is 18.6 Å². The predicted octanol–water partition coefficient (Wildman–Crippen LogP) is 3.94. The fourth-order valence-corrected chi connectivity index (χ4v) is 2.94. The second-order valence-electron chi connectivity index (χ2n) is 5.33.